The Bertz CT molecular complexity index is 344. The van der Waals surface area contributed by atoms with Gasteiger partial charge in [0.05, 0.1) is 13.2 Å². The number of alkyl halides is 3. The molecule has 0 spiro atoms. The van der Waals surface area contributed by atoms with E-state index in [-0.39, 0.29) is 18.7 Å². The van der Waals surface area contributed by atoms with Gasteiger partial charge in [0, 0.05) is 6.54 Å². The van der Waals surface area contributed by atoms with Crippen LogP contribution in [0, 0.1) is 0 Å². The van der Waals surface area contributed by atoms with Crippen molar-refractivity contribution in [2.24, 2.45) is 0 Å². The van der Waals surface area contributed by atoms with Gasteiger partial charge in [0.25, 0.3) is 0 Å². The quantitative estimate of drug-likeness (QED) is 0.798. The molecule has 0 bridgehead atoms. The Morgan fingerprint density at radius 1 is 1.19 bits per heavy atom. The van der Waals surface area contributed by atoms with Crippen molar-refractivity contribution < 1.29 is 17.9 Å². The maximum Gasteiger partial charge on any atom is 0.413 e. The van der Waals surface area contributed by atoms with Crippen molar-refractivity contribution in [1.82, 2.24) is 5.32 Å². The predicted molar refractivity (Wildman–Crippen MR) is 53.0 cm³/mol. The summed E-state index contributed by atoms with van der Waals surface area (Å²) in [5, 5.41) is 2.54. The minimum Gasteiger partial charge on any atom is -0.377 e. The summed E-state index contributed by atoms with van der Waals surface area (Å²) in [5.74, 6) is 0. The van der Waals surface area contributed by atoms with E-state index in [1.807, 2.05) is 0 Å². The van der Waals surface area contributed by atoms with Crippen LogP contribution in [0.3, 0.4) is 0 Å². The minimum absolute atomic E-state index is 0.196. The van der Waals surface area contributed by atoms with Crippen LogP contribution in [0.5, 0.6) is 0 Å². The first-order chi connectivity index (χ1) is 7.56. The second-order valence-corrected chi connectivity index (χ2v) is 3.75. The molecule has 1 aromatic carbocycles. The summed E-state index contributed by atoms with van der Waals surface area (Å²) in [4.78, 5) is 0. The first-order valence-corrected chi connectivity index (χ1v) is 5.01. The molecule has 1 aliphatic rings. The molecule has 1 aliphatic heterocycles. The molecule has 1 fully saturated rings. The Balaban J connectivity index is 2.42. The molecular weight excluding hydrogens is 219 g/mol. The van der Waals surface area contributed by atoms with Crippen LogP contribution in [0.1, 0.15) is 5.56 Å². The molecule has 0 radical (unpaired) electrons. The fourth-order valence-corrected chi connectivity index (χ4v) is 1.87. The number of morpholine rings is 1. The molecule has 1 saturated heterocycles. The van der Waals surface area contributed by atoms with Crippen molar-refractivity contribution >= 4 is 0 Å². The number of hydrogen-bond acceptors (Lipinski definition) is 2. The number of rotatable bonds is 1. The smallest absolute Gasteiger partial charge is 0.377 e. The number of nitrogens with one attached hydrogen (secondary N) is 1. The van der Waals surface area contributed by atoms with Crippen molar-refractivity contribution in [3.05, 3.63) is 35.9 Å². The van der Waals surface area contributed by atoms with Crippen LogP contribution < -0.4 is 5.32 Å². The highest BCUT2D eigenvalue weighted by molar-refractivity contribution is 5.27. The Morgan fingerprint density at radius 2 is 1.88 bits per heavy atom. The van der Waals surface area contributed by atoms with Crippen LogP contribution in [0.25, 0.3) is 0 Å². The molecule has 16 heavy (non-hydrogen) atoms. The standard InChI is InChI=1S/C11H12F3NO/c12-11(13,14)10(8-16-7-6-15-10)9-4-2-1-3-5-9/h1-5,15H,6-8H2/t10-/m1/s1. The second kappa shape index (κ2) is 4.07. The van der Waals surface area contributed by atoms with Crippen LogP contribution in [0.2, 0.25) is 0 Å². The number of halogens is 3. The van der Waals surface area contributed by atoms with E-state index in [4.69, 9.17) is 4.74 Å². The van der Waals surface area contributed by atoms with Crippen molar-refractivity contribution in [1.29, 1.82) is 0 Å². The van der Waals surface area contributed by atoms with Gasteiger partial charge in [0.2, 0.25) is 0 Å². The van der Waals surface area contributed by atoms with Crippen molar-refractivity contribution in [2.45, 2.75) is 11.7 Å². The zero-order valence-corrected chi connectivity index (χ0v) is 8.55. The van der Waals surface area contributed by atoms with E-state index < -0.39 is 11.7 Å². The molecule has 1 heterocycles. The van der Waals surface area contributed by atoms with Gasteiger partial charge in [-0.15, -0.1) is 0 Å². The molecule has 0 aromatic heterocycles. The second-order valence-electron chi connectivity index (χ2n) is 3.75. The minimum atomic E-state index is -4.37. The van der Waals surface area contributed by atoms with Gasteiger partial charge in [-0.1, -0.05) is 30.3 Å². The van der Waals surface area contributed by atoms with Gasteiger partial charge in [0.1, 0.15) is 0 Å². The van der Waals surface area contributed by atoms with Gasteiger partial charge in [-0.05, 0) is 5.56 Å². The average molecular weight is 231 g/mol. The monoisotopic (exact) mass is 231 g/mol. The van der Waals surface area contributed by atoms with E-state index in [9.17, 15) is 13.2 Å². The lowest BCUT2D eigenvalue weighted by atomic mass is 9.89. The van der Waals surface area contributed by atoms with E-state index >= 15 is 0 Å². The predicted octanol–water partition coefficient (Wildman–Crippen LogP) is 2.06. The Hall–Kier alpha value is -1.07. The summed E-state index contributed by atoms with van der Waals surface area (Å²) in [7, 11) is 0. The lowest BCUT2D eigenvalue weighted by Crippen LogP contribution is -2.60. The molecule has 2 rings (SSSR count). The van der Waals surface area contributed by atoms with Crippen LogP contribution in [-0.2, 0) is 10.3 Å². The summed E-state index contributed by atoms with van der Waals surface area (Å²) in [6, 6.07) is 7.82. The van der Waals surface area contributed by atoms with Gasteiger partial charge in [-0.2, -0.15) is 13.2 Å². The molecular formula is C11H12F3NO. The molecule has 1 aromatic rings. The average Bonchev–Trinajstić information content (AvgIpc) is 2.30. The van der Waals surface area contributed by atoms with E-state index in [0.717, 1.165) is 0 Å². The molecule has 1 atom stereocenters. The van der Waals surface area contributed by atoms with Crippen molar-refractivity contribution in [2.75, 3.05) is 19.8 Å². The van der Waals surface area contributed by atoms with Gasteiger partial charge < -0.3 is 4.74 Å². The Kier molecular flexibility index (Phi) is 2.90. The molecule has 88 valence electrons. The van der Waals surface area contributed by atoms with E-state index in [0.29, 0.717) is 6.61 Å². The van der Waals surface area contributed by atoms with Gasteiger partial charge >= 0.3 is 6.18 Å². The zero-order valence-electron chi connectivity index (χ0n) is 8.55. The summed E-state index contributed by atoms with van der Waals surface area (Å²) < 4.78 is 44.4. The molecule has 0 aliphatic carbocycles. The van der Waals surface area contributed by atoms with E-state index in [1.165, 1.54) is 12.1 Å². The van der Waals surface area contributed by atoms with Gasteiger partial charge in [0.15, 0.2) is 5.54 Å². The molecule has 0 amide bonds. The first kappa shape index (κ1) is 11.4. The summed E-state index contributed by atoms with van der Waals surface area (Å²) >= 11 is 0. The largest absolute Gasteiger partial charge is 0.413 e. The maximum atomic E-state index is 13.1. The highest BCUT2D eigenvalue weighted by atomic mass is 19.4. The Morgan fingerprint density at radius 3 is 2.38 bits per heavy atom. The van der Waals surface area contributed by atoms with Crippen LogP contribution in [-0.4, -0.2) is 25.9 Å². The van der Waals surface area contributed by atoms with Gasteiger partial charge in [-0.3, -0.25) is 5.32 Å². The van der Waals surface area contributed by atoms with E-state index in [1.54, 1.807) is 18.2 Å². The maximum absolute atomic E-state index is 13.1. The van der Waals surface area contributed by atoms with Crippen LogP contribution >= 0.6 is 0 Å². The topological polar surface area (TPSA) is 21.3 Å². The normalized spacial score (nSPS) is 26.7. The summed E-state index contributed by atoms with van der Waals surface area (Å²) in [6.45, 7) is 0.138. The number of ether oxygens (including phenoxy) is 1. The third-order valence-corrected chi connectivity index (χ3v) is 2.74. The van der Waals surface area contributed by atoms with Crippen LogP contribution in [0.4, 0.5) is 13.2 Å². The fraction of sp³-hybridized carbons (Fsp3) is 0.455. The summed E-state index contributed by atoms with van der Waals surface area (Å²) in [6.07, 6.45) is -4.37. The molecule has 0 unspecified atom stereocenters. The summed E-state index contributed by atoms with van der Waals surface area (Å²) in [5.41, 5.74) is -1.87. The highest BCUT2D eigenvalue weighted by Crippen LogP contribution is 2.40. The lowest BCUT2D eigenvalue weighted by molar-refractivity contribution is -0.226. The number of benzene rings is 1. The fourth-order valence-electron chi connectivity index (χ4n) is 1.87. The van der Waals surface area contributed by atoms with Crippen molar-refractivity contribution in [3.8, 4) is 0 Å². The van der Waals surface area contributed by atoms with Crippen molar-refractivity contribution in [3.63, 3.8) is 0 Å². The zero-order chi connectivity index (χ0) is 11.6. The Labute approximate surface area is 91.4 Å². The number of hydrogen-bond donors (Lipinski definition) is 1. The molecule has 2 nitrogen and oxygen atoms in total. The first-order valence-electron chi connectivity index (χ1n) is 5.01. The third-order valence-electron chi connectivity index (χ3n) is 2.74. The third kappa shape index (κ3) is 1.81. The molecule has 5 heteroatoms. The van der Waals surface area contributed by atoms with Gasteiger partial charge in [-0.25, -0.2) is 0 Å². The van der Waals surface area contributed by atoms with E-state index in [2.05, 4.69) is 5.32 Å². The highest BCUT2D eigenvalue weighted by Gasteiger charge is 2.56. The lowest BCUT2D eigenvalue weighted by Gasteiger charge is -2.39. The van der Waals surface area contributed by atoms with Crippen LogP contribution in [0.15, 0.2) is 30.3 Å². The molecule has 1 N–H and O–H groups in total. The SMILES string of the molecule is FC(F)(F)[C@]1(c2ccccc2)COCCN1. The molecule has 0 saturated carbocycles.